The first kappa shape index (κ1) is 12.9. The molecular weight excluding hydrogens is 233 g/mol. The Kier molecular flexibility index (Phi) is 4.26. The summed E-state index contributed by atoms with van der Waals surface area (Å²) in [6.45, 7) is 1.90. The molecule has 1 atom stereocenters. The standard InChI is InChI=1S/C11H13ClFNO2/c1-2-6-3-7(9(14)5-10(15)16)11(13)8(12)4-6/h3-4,9H,2,5,14H2,1H3,(H,15,16). The summed E-state index contributed by atoms with van der Waals surface area (Å²) >= 11 is 5.70. The molecule has 0 bridgehead atoms. The summed E-state index contributed by atoms with van der Waals surface area (Å²) in [4.78, 5) is 10.5. The fourth-order valence-electron chi connectivity index (χ4n) is 1.44. The van der Waals surface area contributed by atoms with E-state index in [0.29, 0.717) is 6.42 Å². The van der Waals surface area contributed by atoms with Crippen molar-refractivity contribution >= 4 is 17.6 Å². The predicted molar refractivity (Wildman–Crippen MR) is 60.0 cm³/mol. The van der Waals surface area contributed by atoms with Crippen LogP contribution in [-0.4, -0.2) is 11.1 Å². The number of hydrogen-bond acceptors (Lipinski definition) is 2. The quantitative estimate of drug-likeness (QED) is 0.857. The van der Waals surface area contributed by atoms with Gasteiger partial charge in [0.05, 0.1) is 11.4 Å². The lowest BCUT2D eigenvalue weighted by atomic mass is 10.0. The Morgan fingerprint density at radius 3 is 2.75 bits per heavy atom. The third-order valence-corrected chi connectivity index (χ3v) is 2.59. The third-order valence-electron chi connectivity index (χ3n) is 2.32. The largest absolute Gasteiger partial charge is 0.481 e. The van der Waals surface area contributed by atoms with E-state index >= 15 is 0 Å². The molecule has 0 radical (unpaired) electrons. The summed E-state index contributed by atoms with van der Waals surface area (Å²) in [7, 11) is 0. The van der Waals surface area contributed by atoms with Crippen LogP contribution in [0.5, 0.6) is 0 Å². The average Bonchev–Trinajstić information content (AvgIpc) is 2.20. The number of hydrogen-bond donors (Lipinski definition) is 2. The smallest absolute Gasteiger partial charge is 0.305 e. The van der Waals surface area contributed by atoms with Gasteiger partial charge in [0.15, 0.2) is 0 Å². The molecule has 0 heterocycles. The van der Waals surface area contributed by atoms with Crippen LogP contribution in [0, 0.1) is 5.82 Å². The molecular formula is C11H13ClFNO2. The van der Waals surface area contributed by atoms with Crippen molar-refractivity contribution in [3.63, 3.8) is 0 Å². The highest BCUT2D eigenvalue weighted by Gasteiger charge is 2.17. The van der Waals surface area contributed by atoms with Crippen LogP contribution in [0.3, 0.4) is 0 Å². The minimum absolute atomic E-state index is 0.0183. The zero-order valence-corrected chi connectivity index (χ0v) is 9.59. The maximum atomic E-state index is 13.6. The van der Waals surface area contributed by atoms with Crippen LogP contribution in [0.1, 0.15) is 30.5 Å². The Morgan fingerprint density at radius 1 is 1.62 bits per heavy atom. The van der Waals surface area contributed by atoms with Gasteiger partial charge in [0.2, 0.25) is 0 Å². The topological polar surface area (TPSA) is 63.3 Å². The Morgan fingerprint density at radius 2 is 2.25 bits per heavy atom. The lowest BCUT2D eigenvalue weighted by Crippen LogP contribution is -2.17. The number of nitrogens with two attached hydrogens (primary N) is 1. The molecule has 1 rings (SSSR count). The van der Waals surface area contributed by atoms with E-state index in [2.05, 4.69) is 0 Å². The van der Waals surface area contributed by atoms with Crippen LogP contribution >= 0.6 is 11.6 Å². The number of benzene rings is 1. The lowest BCUT2D eigenvalue weighted by Gasteiger charge is -2.13. The molecule has 0 aliphatic rings. The van der Waals surface area contributed by atoms with Gasteiger partial charge in [-0.1, -0.05) is 24.6 Å². The van der Waals surface area contributed by atoms with Crippen molar-refractivity contribution in [2.75, 3.05) is 0 Å². The predicted octanol–water partition coefficient (Wildman–Crippen LogP) is 2.52. The van der Waals surface area contributed by atoms with Gasteiger partial charge in [-0.15, -0.1) is 0 Å². The number of aryl methyl sites for hydroxylation is 1. The van der Waals surface area contributed by atoms with E-state index in [-0.39, 0.29) is 17.0 Å². The van der Waals surface area contributed by atoms with Crippen LogP contribution < -0.4 is 5.73 Å². The monoisotopic (exact) mass is 245 g/mol. The van der Waals surface area contributed by atoms with Crippen LogP contribution in [-0.2, 0) is 11.2 Å². The minimum atomic E-state index is -1.06. The van der Waals surface area contributed by atoms with Crippen molar-refractivity contribution in [2.45, 2.75) is 25.8 Å². The summed E-state index contributed by atoms with van der Waals surface area (Å²) in [5.74, 6) is -1.70. The molecule has 1 aromatic carbocycles. The van der Waals surface area contributed by atoms with E-state index in [1.54, 1.807) is 6.07 Å². The second kappa shape index (κ2) is 5.27. The summed E-state index contributed by atoms with van der Waals surface area (Å²) in [6.07, 6.45) is 0.368. The molecule has 16 heavy (non-hydrogen) atoms. The van der Waals surface area contributed by atoms with Gasteiger partial charge in [0, 0.05) is 11.6 Å². The molecule has 3 N–H and O–H groups in total. The maximum absolute atomic E-state index is 13.6. The summed E-state index contributed by atoms with van der Waals surface area (Å²) in [5, 5.41) is 8.58. The van der Waals surface area contributed by atoms with E-state index in [1.807, 2.05) is 6.92 Å². The fraction of sp³-hybridized carbons (Fsp3) is 0.364. The van der Waals surface area contributed by atoms with Crippen molar-refractivity contribution in [2.24, 2.45) is 5.73 Å². The molecule has 0 aliphatic heterocycles. The van der Waals surface area contributed by atoms with E-state index < -0.39 is 17.8 Å². The zero-order chi connectivity index (χ0) is 12.3. The van der Waals surface area contributed by atoms with Crippen LogP contribution in [0.2, 0.25) is 5.02 Å². The first-order valence-electron chi connectivity index (χ1n) is 4.90. The molecule has 0 aliphatic carbocycles. The highest BCUT2D eigenvalue weighted by Crippen LogP contribution is 2.26. The molecule has 1 aromatic rings. The highest BCUT2D eigenvalue weighted by molar-refractivity contribution is 6.30. The summed E-state index contributed by atoms with van der Waals surface area (Å²) in [6, 6.07) is 2.21. The Labute approximate surface area is 98.0 Å². The van der Waals surface area contributed by atoms with Crippen molar-refractivity contribution in [1.82, 2.24) is 0 Å². The van der Waals surface area contributed by atoms with Crippen LogP contribution in [0.4, 0.5) is 4.39 Å². The molecule has 0 aromatic heterocycles. The minimum Gasteiger partial charge on any atom is -0.481 e. The third kappa shape index (κ3) is 2.93. The average molecular weight is 246 g/mol. The lowest BCUT2D eigenvalue weighted by molar-refractivity contribution is -0.137. The van der Waals surface area contributed by atoms with Gasteiger partial charge in [0.25, 0.3) is 0 Å². The number of carboxylic acids is 1. The van der Waals surface area contributed by atoms with E-state index in [4.69, 9.17) is 22.4 Å². The summed E-state index contributed by atoms with van der Waals surface area (Å²) in [5.41, 5.74) is 6.60. The van der Waals surface area contributed by atoms with Gasteiger partial charge >= 0.3 is 5.97 Å². The zero-order valence-electron chi connectivity index (χ0n) is 8.84. The number of rotatable bonds is 4. The van der Waals surface area contributed by atoms with Gasteiger partial charge in [-0.3, -0.25) is 4.79 Å². The van der Waals surface area contributed by atoms with Crippen molar-refractivity contribution in [3.05, 3.63) is 34.1 Å². The Bertz CT molecular complexity index is 409. The van der Waals surface area contributed by atoms with Crippen molar-refractivity contribution in [1.29, 1.82) is 0 Å². The second-order valence-corrected chi connectivity index (χ2v) is 3.95. The van der Waals surface area contributed by atoms with E-state index in [0.717, 1.165) is 5.56 Å². The number of carboxylic acid groups (broad SMARTS) is 1. The van der Waals surface area contributed by atoms with Crippen LogP contribution in [0.25, 0.3) is 0 Å². The van der Waals surface area contributed by atoms with Crippen LogP contribution in [0.15, 0.2) is 12.1 Å². The van der Waals surface area contributed by atoms with E-state index in [1.165, 1.54) is 6.07 Å². The molecule has 0 fully saturated rings. The first-order valence-corrected chi connectivity index (χ1v) is 5.28. The van der Waals surface area contributed by atoms with Gasteiger partial charge in [-0.05, 0) is 18.1 Å². The molecule has 88 valence electrons. The first-order chi connectivity index (χ1) is 7.45. The molecule has 1 unspecified atom stereocenters. The molecule has 5 heteroatoms. The Balaban J connectivity index is 3.10. The molecule has 3 nitrogen and oxygen atoms in total. The number of carbonyl (C=O) groups is 1. The van der Waals surface area contributed by atoms with Crippen molar-refractivity contribution in [3.8, 4) is 0 Å². The second-order valence-electron chi connectivity index (χ2n) is 3.54. The van der Waals surface area contributed by atoms with E-state index in [9.17, 15) is 9.18 Å². The van der Waals surface area contributed by atoms with Crippen molar-refractivity contribution < 1.29 is 14.3 Å². The SMILES string of the molecule is CCc1cc(Cl)c(F)c(C(N)CC(=O)O)c1. The Hall–Kier alpha value is -1.13. The van der Waals surface area contributed by atoms with Gasteiger partial charge in [-0.25, -0.2) is 4.39 Å². The normalized spacial score (nSPS) is 12.5. The number of halogens is 2. The van der Waals surface area contributed by atoms with Gasteiger partial charge in [0.1, 0.15) is 5.82 Å². The molecule has 0 saturated carbocycles. The molecule has 0 amide bonds. The summed E-state index contributed by atoms with van der Waals surface area (Å²) < 4.78 is 13.6. The maximum Gasteiger partial charge on any atom is 0.305 e. The molecule has 0 saturated heterocycles. The van der Waals surface area contributed by atoms with Gasteiger partial charge < -0.3 is 10.8 Å². The van der Waals surface area contributed by atoms with Gasteiger partial charge in [-0.2, -0.15) is 0 Å². The number of aliphatic carboxylic acids is 1. The highest BCUT2D eigenvalue weighted by atomic mass is 35.5. The molecule has 0 spiro atoms. The fourth-order valence-corrected chi connectivity index (χ4v) is 1.69.